The predicted molar refractivity (Wildman–Crippen MR) is 98.0 cm³/mol. The monoisotopic (exact) mass is 335 g/mol. The molecular formula is C20H25N5. The molecule has 0 spiro atoms. The first-order valence-electron chi connectivity index (χ1n) is 8.99. The average molecular weight is 335 g/mol. The van der Waals surface area contributed by atoms with E-state index >= 15 is 0 Å². The van der Waals surface area contributed by atoms with Crippen LogP contribution >= 0.6 is 0 Å². The topological polar surface area (TPSA) is 46.8 Å². The molecule has 1 unspecified atom stereocenters. The summed E-state index contributed by atoms with van der Waals surface area (Å²) in [5, 5.41) is 12.8. The molecule has 1 aliphatic heterocycles. The van der Waals surface area contributed by atoms with Gasteiger partial charge in [0.1, 0.15) is 0 Å². The second kappa shape index (κ2) is 6.23. The number of benzene rings is 1. The van der Waals surface area contributed by atoms with Crippen LogP contribution in [0.25, 0.3) is 0 Å². The van der Waals surface area contributed by atoms with Crippen molar-refractivity contribution in [3.63, 3.8) is 0 Å². The molecule has 1 aromatic carbocycles. The number of tetrazole rings is 1. The molecule has 2 aliphatic rings. The first-order chi connectivity index (χ1) is 12.0. The summed E-state index contributed by atoms with van der Waals surface area (Å²) in [7, 11) is 0. The van der Waals surface area contributed by atoms with Gasteiger partial charge in [-0.05, 0) is 60.7 Å². The lowest BCUT2D eigenvalue weighted by Gasteiger charge is -2.36. The fourth-order valence-corrected chi connectivity index (χ4v) is 3.81. The molecule has 0 radical (unpaired) electrons. The number of fused-ring (bicyclic) bond motifs is 1. The van der Waals surface area contributed by atoms with Gasteiger partial charge in [0.15, 0.2) is 5.82 Å². The van der Waals surface area contributed by atoms with Gasteiger partial charge in [-0.15, -0.1) is 5.10 Å². The highest BCUT2D eigenvalue weighted by Crippen LogP contribution is 2.36. The maximum absolute atomic E-state index is 4.45. The summed E-state index contributed by atoms with van der Waals surface area (Å²) in [6, 6.07) is 8.88. The van der Waals surface area contributed by atoms with E-state index in [1.54, 1.807) is 0 Å². The molecular weight excluding hydrogens is 310 g/mol. The van der Waals surface area contributed by atoms with Crippen molar-refractivity contribution >= 4 is 0 Å². The maximum atomic E-state index is 4.45. The number of hydrogen-bond donors (Lipinski definition) is 0. The summed E-state index contributed by atoms with van der Waals surface area (Å²) in [4.78, 5) is 2.52. The van der Waals surface area contributed by atoms with E-state index in [1.165, 1.54) is 16.7 Å². The van der Waals surface area contributed by atoms with Crippen LogP contribution in [0.5, 0.6) is 0 Å². The molecule has 0 saturated carbocycles. The van der Waals surface area contributed by atoms with Gasteiger partial charge in [0, 0.05) is 13.1 Å². The highest BCUT2D eigenvalue weighted by molar-refractivity contribution is 5.33. The molecule has 0 saturated heterocycles. The van der Waals surface area contributed by atoms with Crippen molar-refractivity contribution in [3.8, 4) is 0 Å². The lowest BCUT2D eigenvalue weighted by atomic mass is 9.95. The van der Waals surface area contributed by atoms with E-state index in [0.29, 0.717) is 0 Å². The van der Waals surface area contributed by atoms with Gasteiger partial charge in [0.25, 0.3) is 0 Å². The Bertz CT molecular complexity index is 825. The van der Waals surface area contributed by atoms with E-state index in [4.69, 9.17) is 0 Å². The van der Waals surface area contributed by atoms with Gasteiger partial charge in [0.05, 0.1) is 11.6 Å². The average Bonchev–Trinajstić information content (AvgIpc) is 3.27. The first kappa shape index (κ1) is 16.2. The number of aromatic nitrogens is 4. The Labute approximate surface area is 149 Å². The van der Waals surface area contributed by atoms with E-state index in [1.807, 2.05) is 4.68 Å². The Hall–Kier alpha value is -2.27. The number of rotatable bonds is 3. The molecule has 2 heterocycles. The molecule has 0 N–H and O–H groups in total. The van der Waals surface area contributed by atoms with Crippen LogP contribution in [0.1, 0.15) is 50.2 Å². The highest BCUT2D eigenvalue weighted by atomic mass is 15.6. The van der Waals surface area contributed by atoms with Crippen molar-refractivity contribution in [2.45, 2.75) is 51.7 Å². The minimum absolute atomic E-state index is 0.123. The first-order valence-corrected chi connectivity index (χ1v) is 8.99. The molecule has 130 valence electrons. The Morgan fingerprint density at radius 3 is 2.64 bits per heavy atom. The maximum Gasteiger partial charge on any atom is 0.173 e. The third-order valence-corrected chi connectivity index (χ3v) is 5.05. The van der Waals surface area contributed by atoms with Crippen LogP contribution in [0, 0.1) is 0 Å². The molecule has 5 heteroatoms. The van der Waals surface area contributed by atoms with Crippen LogP contribution in [-0.2, 0) is 18.5 Å². The fraction of sp³-hybridized carbons (Fsp3) is 0.450. The Morgan fingerprint density at radius 2 is 1.92 bits per heavy atom. The third kappa shape index (κ3) is 3.04. The van der Waals surface area contributed by atoms with Gasteiger partial charge >= 0.3 is 0 Å². The summed E-state index contributed by atoms with van der Waals surface area (Å²) in [6.45, 7) is 8.41. The van der Waals surface area contributed by atoms with E-state index in [2.05, 4.69) is 83.7 Å². The molecule has 5 nitrogen and oxygen atoms in total. The van der Waals surface area contributed by atoms with Crippen molar-refractivity contribution in [1.82, 2.24) is 25.1 Å². The zero-order valence-electron chi connectivity index (χ0n) is 15.2. The van der Waals surface area contributed by atoms with Crippen molar-refractivity contribution in [2.75, 3.05) is 6.54 Å². The van der Waals surface area contributed by atoms with Crippen molar-refractivity contribution in [1.29, 1.82) is 0 Å². The standard InChI is InChI=1S/C20H25N5/c1-20(2,3)25-19(21-22-23-25)18(16-9-5-6-10-16)24-13-12-15-8-4-7-11-17(15)14-24/h4-9,11,18H,10,12-14H2,1-3H3. The Balaban J connectivity index is 1.73. The zero-order chi connectivity index (χ0) is 17.4. The highest BCUT2D eigenvalue weighted by Gasteiger charge is 2.34. The van der Waals surface area contributed by atoms with Crippen LogP contribution in [0.3, 0.4) is 0 Å². The summed E-state index contributed by atoms with van der Waals surface area (Å²) < 4.78 is 1.98. The number of allylic oxidation sites excluding steroid dienone is 3. The van der Waals surface area contributed by atoms with Crippen LogP contribution < -0.4 is 0 Å². The van der Waals surface area contributed by atoms with E-state index in [0.717, 1.165) is 31.8 Å². The van der Waals surface area contributed by atoms with E-state index < -0.39 is 0 Å². The SMILES string of the molecule is CC(C)(C)n1nnnc1C(C1=CC=CC1)N1CCc2ccccc2C1. The molecule has 2 aromatic rings. The van der Waals surface area contributed by atoms with E-state index in [-0.39, 0.29) is 11.6 Å². The van der Waals surface area contributed by atoms with E-state index in [9.17, 15) is 0 Å². The van der Waals surface area contributed by atoms with Gasteiger partial charge in [-0.25, -0.2) is 4.68 Å². The van der Waals surface area contributed by atoms with Gasteiger partial charge in [-0.3, -0.25) is 4.90 Å². The molecule has 1 aliphatic carbocycles. The molecule has 1 atom stereocenters. The van der Waals surface area contributed by atoms with Gasteiger partial charge in [0.2, 0.25) is 0 Å². The summed E-state index contributed by atoms with van der Waals surface area (Å²) in [5.41, 5.74) is 4.11. The van der Waals surface area contributed by atoms with Crippen LogP contribution in [0.2, 0.25) is 0 Å². The molecule has 25 heavy (non-hydrogen) atoms. The van der Waals surface area contributed by atoms with Crippen LogP contribution in [-0.4, -0.2) is 31.7 Å². The third-order valence-electron chi connectivity index (χ3n) is 5.05. The quantitative estimate of drug-likeness (QED) is 0.862. The van der Waals surface area contributed by atoms with Gasteiger partial charge in [-0.2, -0.15) is 0 Å². The number of nitrogens with zero attached hydrogens (tertiary/aromatic N) is 5. The van der Waals surface area contributed by atoms with Crippen LogP contribution in [0.4, 0.5) is 0 Å². The van der Waals surface area contributed by atoms with Crippen molar-refractivity contribution in [3.05, 3.63) is 65.0 Å². The second-order valence-electron chi connectivity index (χ2n) is 7.89. The largest absolute Gasteiger partial charge is 0.285 e. The second-order valence-corrected chi connectivity index (χ2v) is 7.89. The summed E-state index contributed by atoms with van der Waals surface area (Å²) >= 11 is 0. The van der Waals surface area contributed by atoms with Crippen LogP contribution in [0.15, 0.2) is 48.1 Å². The molecule has 0 fully saturated rings. The fourth-order valence-electron chi connectivity index (χ4n) is 3.81. The molecule has 1 aromatic heterocycles. The van der Waals surface area contributed by atoms with Gasteiger partial charge < -0.3 is 0 Å². The van der Waals surface area contributed by atoms with Gasteiger partial charge in [-0.1, -0.05) is 42.5 Å². The summed E-state index contributed by atoms with van der Waals surface area (Å²) in [6.07, 6.45) is 8.63. The molecule has 0 bridgehead atoms. The Morgan fingerprint density at radius 1 is 1.12 bits per heavy atom. The molecule has 0 amide bonds. The minimum Gasteiger partial charge on any atom is -0.285 e. The normalized spacial score (nSPS) is 18.9. The minimum atomic E-state index is -0.141. The van der Waals surface area contributed by atoms with Crippen molar-refractivity contribution in [2.24, 2.45) is 0 Å². The Kier molecular flexibility index (Phi) is 4.04. The van der Waals surface area contributed by atoms with Crippen molar-refractivity contribution < 1.29 is 0 Å². The summed E-state index contributed by atoms with van der Waals surface area (Å²) in [5.74, 6) is 0.946. The smallest absolute Gasteiger partial charge is 0.173 e. The predicted octanol–water partition coefficient (Wildman–Crippen LogP) is 3.41. The lowest BCUT2D eigenvalue weighted by Crippen LogP contribution is -2.38. The lowest BCUT2D eigenvalue weighted by molar-refractivity contribution is 0.181. The zero-order valence-corrected chi connectivity index (χ0v) is 15.2. The molecule has 4 rings (SSSR count). The number of hydrogen-bond acceptors (Lipinski definition) is 4.